The molecule has 0 saturated carbocycles. The Morgan fingerprint density at radius 2 is 1.86 bits per heavy atom. The first-order valence-corrected chi connectivity index (χ1v) is 9.10. The first-order valence-electron chi connectivity index (χ1n) is 9.10. The fraction of sp³-hybridized carbons (Fsp3) is 0.273. The highest BCUT2D eigenvalue weighted by Gasteiger charge is 2.24. The van der Waals surface area contributed by atoms with Gasteiger partial charge < -0.3 is 19.2 Å². The highest BCUT2D eigenvalue weighted by atomic mass is 16.6. The third-order valence-electron chi connectivity index (χ3n) is 4.61. The van der Waals surface area contributed by atoms with E-state index in [0.717, 1.165) is 11.8 Å². The van der Waals surface area contributed by atoms with Gasteiger partial charge >= 0.3 is 5.97 Å². The first-order chi connectivity index (χ1) is 13.4. The Morgan fingerprint density at radius 3 is 2.50 bits per heavy atom. The Bertz CT molecular complexity index is 1000. The Kier molecular flexibility index (Phi) is 5.68. The van der Waals surface area contributed by atoms with Crippen LogP contribution >= 0.6 is 0 Å². The lowest BCUT2D eigenvalue weighted by Crippen LogP contribution is -2.30. The predicted octanol–water partition coefficient (Wildman–Crippen LogP) is 4.50. The van der Waals surface area contributed by atoms with Gasteiger partial charge in [0, 0.05) is 16.6 Å². The lowest BCUT2D eigenvalue weighted by molar-refractivity contribution is -0.123. The number of carbonyl (C=O) groups excluding carboxylic acids is 2. The monoisotopic (exact) mass is 381 g/mol. The van der Waals surface area contributed by atoms with Crippen molar-refractivity contribution in [3.63, 3.8) is 0 Å². The van der Waals surface area contributed by atoms with Crippen molar-refractivity contribution < 1.29 is 23.5 Å². The van der Waals surface area contributed by atoms with Crippen molar-refractivity contribution in [2.24, 2.45) is 0 Å². The van der Waals surface area contributed by atoms with Gasteiger partial charge in [-0.1, -0.05) is 19.1 Å². The molecule has 3 aromatic rings. The smallest absolute Gasteiger partial charge is 0.375 e. The van der Waals surface area contributed by atoms with E-state index >= 15 is 0 Å². The molecule has 2 aromatic carbocycles. The van der Waals surface area contributed by atoms with Gasteiger partial charge in [0.05, 0.1) is 7.11 Å². The largest absolute Gasteiger partial charge is 0.497 e. The standard InChI is InChI=1S/C22H23NO5/c1-5-15-6-8-16(9-7-15)23-21(24)14(3)27-22(25)20-13(2)18-12-17(26-4)10-11-19(18)28-20/h6-12,14H,5H2,1-4H3,(H,23,24)/t14-/m0/s1. The molecule has 0 saturated heterocycles. The van der Waals surface area contributed by atoms with Gasteiger partial charge in [-0.25, -0.2) is 4.79 Å². The summed E-state index contributed by atoms with van der Waals surface area (Å²) < 4.78 is 16.1. The van der Waals surface area contributed by atoms with Crippen LogP contribution in [0.1, 0.15) is 35.5 Å². The van der Waals surface area contributed by atoms with Crippen LogP contribution in [-0.4, -0.2) is 25.1 Å². The third kappa shape index (κ3) is 4.01. The van der Waals surface area contributed by atoms with Crippen molar-refractivity contribution in [1.29, 1.82) is 0 Å². The molecule has 1 aromatic heterocycles. The minimum Gasteiger partial charge on any atom is -0.497 e. The van der Waals surface area contributed by atoms with Crippen LogP contribution in [0.25, 0.3) is 11.0 Å². The van der Waals surface area contributed by atoms with Crippen LogP contribution in [-0.2, 0) is 16.0 Å². The van der Waals surface area contributed by atoms with E-state index in [1.165, 1.54) is 12.5 Å². The molecule has 28 heavy (non-hydrogen) atoms. The normalized spacial score (nSPS) is 11.9. The van der Waals surface area contributed by atoms with Gasteiger partial charge in [-0.15, -0.1) is 0 Å². The van der Waals surface area contributed by atoms with E-state index in [1.54, 1.807) is 32.2 Å². The van der Waals surface area contributed by atoms with Gasteiger partial charge in [-0.3, -0.25) is 4.79 Å². The zero-order valence-corrected chi connectivity index (χ0v) is 16.4. The Hall–Kier alpha value is -3.28. The van der Waals surface area contributed by atoms with Gasteiger partial charge in [0.2, 0.25) is 5.76 Å². The molecule has 0 fully saturated rings. The molecule has 3 rings (SSSR count). The fourth-order valence-corrected chi connectivity index (χ4v) is 2.86. The number of hydrogen-bond acceptors (Lipinski definition) is 5. The molecule has 0 aliphatic heterocycles. The minimum absolute atomic E-state index is 0.0789. The average molecular weight is 381 g/mol. The third-order valence-corrected chi connectivity index (χ3v) is 4.61. The number of esters is 1. The number of aryl methyl sites for hydroxylation is 2. The van der Waals surface area contributed by atoms with Gasteiger partial charge in [0.1, 0.15) is 11.3 Å². The number of anilines is 1. The van der Waals surface area contributed by atoms with Crippen LogP contribution in [0.2, 0.25) is 0 Å². The van der Waals surface area contributed by atoms with Crippen LogP contribution in [0.15, 0.2) is 46.9 Å². The highest BCUT2D eigenvalue weighted by molar-refractivity contribution is 5.99. The molecule has 0 aliphatic rings. The van der Waals surface area contributed by atoms with E-state index in [-0.39, 0.29) is 5.76 Å². The zero-order valence-electron chi connectivity index (χ0n) is 16.4. The Labute approximate surface area is 163 Å². The average Bonchev–Trinajstić information content (AvgIpc) is 3.04. The topological polar surface area (TPSA) is 77.8 Å². The lowest BCUT2D eigenvalue weighted by Gasteiger charge is -2.13. The van der Waals surface area contributed by atoms with Crippen LogP contribution in [0.5, 0.6) is 5.75 Å². The second-order valence-corrected chi connectivity index (χ2v) is 6.51. The number of amides is 1. The molecule has 0 unspecified atom stereocenters. The van der Waals surface area contributed by atoms with Crippen LogP contribution in [0.4, 0.5) is 5.69 Å². The van der Waals surface area contributed by atoms with E-state index < -0.39 is 18.0 Å². The number of nitrogens with one attached hydrogen (secondary N) is 1. The van der Waals surface area contributed by atoms with Gasteiger partial charge in [-0.2, -0.15) is 0 Å². The molecule has 0 spiro atoms. The second-order valence-electron chi connectivity index (χ2n) is 6.51. The molecule has 0 bridgehead atoms. The van der Waals surface area contributed by atoms with Gasteiger partial charge in [-0.05, 0) is 56.2 Å². The van der Waals surface area contributed by atoms with Crippen molar-refractivity contribution in [1.82, 2.24) is 0 Å². The highest BCUT2D eigenvalue weighted by Crippen LogP contribution is 2.29. The first kappa shape index (κ1) is 19.5. The summed E-state index contributed by atoms with van der Waals surface area (Å²) in [5, 5.41) is 3.51. The van der Waals surface area contributed by atoms with E-state index in [1.807, 2.05) is 24.3 Å². The Morgan fingerprint density at radius 1 is 1.14 bits per heavy atom. The molecule has 6 nitrogen and oxygen atoms in total. The molecule has 6 heteroatoms. The van der Waals surface area contributed by atoms with Gasteiger partial charge in [0.25, 0.3) is 5.91 Å². The molecular formula is C22H23NO5. The Balaban J connectivity index is 1.70. The zero-order chi connectivity index (χ0) is 20.3. The van der Waals surface area contributed by atoms with E-state index in [9.17, 15) is 9.59 Å². The number of carbonyl (C=O) groups is 2. The number of fused-ring (bicyclic) bond motifs is 1. The summed E-state index contributed by atoms with van der Waals surface area (Å²) >= 11 is 0. The second kappa shape index (κ2) is 8.17. The molecule has 1 amide bonds. The van der Waals surface area contributed by atoms with E-state index in [2.05, 4.69) is 12.2 Å². The van der Waals surface area contributed by atoms with Crippen LogP contribution in [0, 0.1) is 6.92 Å². The summed E-state index contributed by atoms with van der Waals surface area (Å²) in [7, 11) is 1.57. The number of benzene rings is 2. The molecule has 1 atom stereocenters. The number of methoxy groups -OCH3 is 1. The summed E-state index contributed by atoms with van der Waals surface area (Å²) in [6, 6.07) is 12.8. The lowest BCUT2D eigenvalue weighted by atomic mass is 10.1. The molecular weight excluding hydrogens is 358 g/mol. The summed E-state index contributed by atoms with van der Waals surface area (Å²) in [6.45, 7) is 5.35. The van der Waals surface area contributed by atoms with Crippen LogP contribution in [0.3, 0.4) is 0 Å². The van der Waals surface area contributed by atoms with E-state index in [4.69, 9.17) is 13.9 Å². The summed E-state index contributed by atoms with van der Waals surface area (Å²) in [5.74, 6) is -0.349. The molecule has 146 valence electrons. The number of ether oxygens (including phenoxy) is 2. The summed E-state index contributed by atoms with van der Waals surface area (Å²) in [5.41, 5.74) is 3.02. The quantitative estimate of drug-likeness (QED) is 0.636. The van der Waals surface area contributed by atoms with Crippen molar-refractivity contribution in [3.8, 4) is 5.75 Å². The van der Waals surface area contributed by atoms with Gasteiger partial charge in [0.15, 0.2) is 6.10 Å². The van der Waals surface area contributed by atoms with Crippen molar-refractivity contribution in [2.75, 3.05) is 12.4 Å². The number of rotatable bonds is 6. The fourth-order valence-electron chi connectivity index (χ4n) is 2.86. The van der Waals surface area contributed by atoms with Crippen molar-refractivity contribution >= 4 is 28.5 Å². The molecule has 1 N–H and O–H groups in total. The maximum Gasteiger partial charge on any atom is 0.375 e. The number of hydrogen-bond donors (Lipinski definition) is 1. The predicted molar refractivity (Wildman–Crippen MR) is 107 cm³/mol. The summed E-state index contributed by atoms with van der Waals surface area (Å²) in [4.78, 5) is 24.9. The molecule has 0 radical (unpaired) electrons. The maximum absolute atomic E-state index is 12.5. The summed E-state index contributed by atoms with van der Waals surface area (Å²) in [6.07, 6.45) is -0.0502. The maximum atomic E-state index is 12.5. The van der Waals surface area contributed by atoms with Crippen molar-refractivity contribution in [3.05, 3.63) is 59.4 Å². The molecule has 1 heterocycles. The van der Waals surface area contributed by atoms with Crippen LogP contribution < -0.4 is 10.1 Å². The SMILES string of the molecule is CCc1ccc(NC(=O)[C@H](C)OC(=O)c2oc3ccc(OC)cc3c2C)cc1. The number of furan rings is 1. The van der Waals surface area contributed by atoms with Crippen molar-refractivity contribution in [2.45, 2.75) is 33.3 Å². The molecule has 0 aliphatic carbocycles. The van der Waals surface area contributed by atoms with E-state index in [0.29, 0.717) is 22.6 Å². The minimum atomic E-state index is -0.972.